The summed E-state index contributed by atoms with van der Waals surface area (Å²) in [7, 11) is 0. The van der Waals surface area contributed by atoms with Crippen LogP contribution in [0.3, 0.4) is 0 Å². The van der Waals surface area contributed by atoms with Crippen molar-refractivity contribution in [1.82, 2.24) is 25.8 Å². The first-order chi connectivity index (χ1) is 25.4. The van der Waals surface area contributed by atoms with E-state index in [2.05, 4.69) is 16.0 Å². The molecular weight excluding hydrogens is 695 g/mol. The third-order valence-corrected chi connectivity index (χ3v) is 10.1. The molecule has 0 aromatic heterocycles. The van der Waals surface area contributed by atoms with E-state index in [-0.39, 0.29) is 60.6 Å². The molecule has 280 valence electrons. The number of imide groups is 4. The van der Waals surface area contributed by atoms with Gasteiger partial charge < -0.3 is 20.4 Å². The van der Waals surface area contributed by atoms with Crippen molar-refractivity contribution in [2.45, 2.75) is 75.5 Å². The minimum absolute atomic E-state index is 0.00601. The summed E-state index contributed by atoms with van der Waals surface area (Å²) < 4.78 is 13.2. The number of aliphatic hydroxyl groups is 2. The summed E-state index contributed by atoms with van der Waals surface area (Å²) in [6.07, 6.45) is 4.59. The number of benzene rings is 2. The number of halogens is 1. The topological polar surface area (TPSA) is 223 Å². The van der Waals surface area contributed by atoms with Crippen molar-refractivity contribution in [3.05, 3.63) is 64.5 Å². The SMILES string of the molecule is O=C1CCC(N2C(=O)c3ccc(F)cc3C2=O)C(=O)N1.O=C1CCC(N2C(=O)c3ccc(N4CCC[C@H]4CO)cc3C2=O)C(=O)N1.OC[C@@H]1CCCN1. The molecule has 0 spiro atoms. The average Bonchev–Trinajstić information content (AvgIpc) is 3.94. The van der Waals surface area contributed by atoms with Crippen LogP contribution in [-0.2, 0) is 19.2 Å². The molecule has 17 heteroatoms. The Morgan fingerprint density at radius 3 is 1.68 bits per heavy atom. The van der Waals surface area contributed by atoms with Crippen molar-refractivity contribution in [2.24, 2.45) is 0 Å². The van der Waals surface area contributed by atoms with Gasteiger partial charge in [-0.05, 0) is 81.5 Å². The number of carbonyl (C=O) groups is 8. The summed E-state index contributed by atoms with van der Waals surface area (Å²) in [6, 6.07) is 6.73. The summed E-state index contributed by atoms with van der Waals surface area (Å²) in [5.74, 6) is -5.13. The predicted octanol–water partition coefficient (Wildman–Crippen LogP) is 0.00650. The number of piperidine rings is 2. The minimum Gasteiger partial charge on any atom is -0.395 e. The minimum atomic E-state index is -1.02. The molecule has 8 rings (SSSR count). The highest BCUT2D eigenvalue weighted by Crippen LogP contribution is 2.33. The van der Waals surface area contributed by atoms with Crippen LogP contribution >= 0.6 is 0 Å². The van der Waals surface area contributed by atoms with E-state index >= 15 is 0 Å². The molecular formula is C36H39FN6O10. The van der Waals surface area contributed by atoms with Crippen LogP contribution in [0.4, 0.5) is 10.1 Å². The Kier molecular flexibility index (Phi) is 11.1. The van der Waals surface area contributed by atoms with Crippen LogP contribution in [0.5, 0.6) is 0 Å². The second kappa shape index (κ2) is 15.7. The number of nitrogens with one attached hydrogen (secondary N) is 3. The van der Waals surface area contributed by atoms with Crippen molar-refractivity contribution in [3.8, 4) is 0 Å². The Bertz CT molecular complexity index is 1880. The Labute approximate surface area is 302 Å². The fraction of sp³-hybridized carbons (Fsp3) is 0.444. The molecule has 4 fully saturated rings. The number of rotatable bonds is 5. The van der Waals surface area contributed by atoms with Gasteiger partial charge in [0.2, 0.25) is 23.6 Å². The molecule has 6 heterocycles. The zero-order valence-corrected chi connectivity index (χ0v) is 28.6. The van der Waals surface area contributed by atoms with Crippen LogP contribution in [-0.4, -0.2) is 118 Å². The van der Waals surface area contributed by atoms with Crippen molar-refractivity contribution in [3.63, 3.8) is 0 Å². The molecule has 6 aliphatic heterocycles. The first-order valence-corrected chi connectivity index (χ1v) is 17.5. The Morgan fingerprint density at radius 2 is 1.19 bits per heavy atom. The summed E-state index contributed by atoms with van der Waals surface area (Å²) in [4.78, 5) is 99.8. The lowest BCUT2D eigenvalue weighted by molar-refractivity contribution is -0.137. The Morgan fingerprint density at radius 1 is 0.642 bits per heavy atom. The fourth-order valence-corrected chi connectivity index (χ4v) is 7.36. The van der Waals surface area contributed by atoms with Gasteiger partial charge in [0.25, 0.3) is 23.6 Å². The van der Waals surface area contributed by atoms with Crippen molar-refractivity contribution < 1.29 is 53.0 Å². The normalized spacial score (nSPS) is 25.1. The third-order valence-electron chi connectivity index (χ3n) is 10.1. The lowest BCUT2D eigenvalue weighted by Gasteiger charge is -2.27. The highest BCUT2D eigenvalue weighted by molar-refractivity contribution is 6.24. The van der Waals surface area contributed by atoms with Crippen LogP contribution in [0.15, 0.2) is 36.4 Å². The smallest absolute Gasteiger partial charge is 0.262 e. The summed E-state index contributed by atoms with van der Waals surface area (Å²) >= 11 is 0. The number of carbonyl (C=O) groups excluding carboxylic acids is 8. The molecule has 4 atom stereocenters. The molecule has 0 saturated carbocycles. The fourth-order valence-electron chi connectivity index (χ4n) is 7.36. The quantitative estimate of drug-likeness (QED) is 0.256. The molecule has 5 N–H and O–H groups in total. The summed E-state index contributed by atoms with van der Waals surface area (Å²) in [6.45, 7) is 2.21. The molecule has 2 aromatic rings. The highest BCUT2D eigenvalue weighted by atomic mass is 19.1. The Balaban J connectivity index is 0.000000157. The molecule has 16 nitrogen and oxygen atoms in total. The maximum atomic E-state index is 13.2. The molecule has 6 aliphatic rings. The molecule has 0 radical (unpaired) electrons. The van der Waals surface area contributed by atoms with E-state index in [1.165, 1.54) is 12.5 Å². The van der Waals surface area contributed by atoms with Gasteiger partial charge in [0, 0.05) is 31.1 Å². The molecule has 4 saturated heterocycles. The number of nitrogens with zero attached hydrogens (tertiary/aromatic N) is 3. The zero-order valence-electron chi connectivity index (χ0n) is 28.6. The van der Waals surface area contributed by atoms with Gasteiger partial charge in [-0.2, -0.15) is 0 Å². The van der Waals surface area contributed by atoms with E-state index in [4.69, 9.17) is 5.11 Å². The second-order valence-corrected chi connectivity index (χ2v) is 13.5. The van der Waals surface area contributed by atoms with E-state index in [9.17, 15) is 47.9 Å². The summed E-state index contributed by atoms with van der Waals surface area (Å²) in [5, 5.41) is 25.4. The van der Waals surface area contributed by atoms with Crippen LogP contribution < -0.4 is 20.9 Å². The molecule has 2 unspecified atom stereocenters. The van der Waals surface area contributed by atoms with Gasteiger partial charge in [-0.25, -0.2) is 4.39 Å². The van der Waals surface area contributed by atoms with Crippen LogP contribution in [0, 0.1) is 5.82 Å². The van der Waals surface area contributed by atoms with Crippen LogP contribution in [0.2, 0.25) is 0 Å². The van der Waals surface area contributed by atoms with E-state index in [0.29, 0.717) is 12.6 Å². The maximum absolute atomic E-state index is 13.2. The molecule has 0 bridgehead atoms. The van der Waals surface area contributed by atoms with Crippen molar-refractivity contribution in [1.29, 1.82) is 0 Å². The molecule has 0 aliphatic carbocycles. The number of hydrogen-bond acceptors (Lipinski definition) is 12. The van der Waals surface area contributed by atoms with E-state index in [1.54, 1.807) is 18.2 Å². The third kappa shape index (κ3) is 7.45. The maximum Gasteiger partial charge on any atom is 0.262 e. The van der Waals surface area contributed by atoms with Gasteiger partial charge in [0.15, 0.2) is 0 Å². The first-order valence-electron chi connectivity index (χ1n) is 17.5. The monoisotopic (exact) mass is 734 g/mol. The van der Waals surface area contributed by atoms with Crippen molar-refractivity contribution in [2.75, 3.05) is 31.2 Å². The van der Waals surface area contributed by atoms with Gasteiger partial charge in [0.05, 0.1) is 41.5 Å². The number of anilines is 1. The largest absolute Gasteiger partial charge is 0.395 e. The van der Waals surface area contributed by atoms with Gasteiger partial charge in [-0.15, -0.1) is 0 Å². The van der Waals surface area contributed by atoms with Crippen LogP contribution in [0.25, 0.3) is 0 Å². The van der Waals surface area contributed by atoms with Gasteiger partial charge in [-0.3, -0.25) is 58.8 Å². The lowest BCUT2D eigenvalue weighted by Crippen LogP contribution is -2.54. The summed E-state index contributed by atoms with van der Waals surface area (Å²) in [5.41, 5.74) is 1.33. The molecule has 53 heavy (non-hydrogen) atoms. The first kappa shape index (κ1) is 37.4. The second-order valence-electron chi connectivity index (χ2n) is 13.5. The number of amides is 8. The number of hydrogen-bond donors (Lipinski definition) is 5. The molecule has 8 amide bonds. The van der Waals surface area contributed by atoms with Gasteiger partial charge in [-0.1, -0.05) is 0 Å². The standard InChI is InChI=1S/C18H19N3O5.C13H9FN2O4.C5H11NO/c22-9-11-2-1-7-20(11)10-3-4-12-13(8-10)18(26)21(17(12)25)14-5-6-15(23)19-16(14)24;14-6-1-2-7-8(5-6)13(20)16(12(7)19)9-3-4-10(17)15-11(9)18;7-4-5-2-1-3-6-5/h3-4,8,11,14,22H,1-2,5-7,9H2,(H,19,23,24);1-2,5,9H,3-4H2,(H,15,17,18);5-7H,1-4H2/t11-,14?;;5-/m0.0/s1. The van der Waals surface area contributed by atoms with Gasteiger partial charge in [0.1, 0.15) is 17.9 Å². The van der Waals surface area contributed by atoms with E-state index in [0.717, 1.165) is 60.0 Å². The zero-order chi connectivity index (χ0) is 38.0. The van der Waals surface area contributed by atoms with Crippen LogP contribution in [0.1, 0.15) is 92.8 Å². The average molecular weight is 735 g/mol. The number of aliphatic hydroxyl groups excluding tert-OH is 2. The highest BCUT2D eigenvalue weighted by Gasteiger charge is 2.46. The van der Waals surface area contributed by atoms with E-state index in [1.807, 2.05) is 4.90 Å². The Hall–Kier alpha value is -5.39. The molecule has 2 aromatic carbocycles. The predicted molar refractivity (Wildman–Crippen MR) is 182 cm³/mol. The number of fused-ring (bicyclic) bond motifs is 2. The van der Waals surface area contributed by atoms with E-state index < -0.39 is 65.2 Å². The van der Waals surface area contributed by atoms with Gasteiger partial charge >= 0.3 is 0 Å². The van der Waals surface area contributed by atoms with Crippen molar-refractivity contribution >= 4 is 52.9 Å². The lowest BCUT2D eigenvalue weighted by atomic mass is 10.0.